The van der Waals surface area contributed by atoms with Gasteiger partial charge in [-0.25, -0.2) is 18.8 Å². The van der Waals surface area contributed by atoms with Crippen molar-refractivity contribution in [2.24, 2.45) is 5.92 Å². The van der Waals surface area contributed by atoms with Crippen LogP contribution in [0.4, 0.5) is 19.8 Å². The van der Waals surface area contributed by atoms with E-state index < -0.39 is 40.6 Å². The lowest BCUT2D eigenvalue weighted by molar-refractivity contribution is 0.0428. The first-order valence-corrected chi connectivity index (χ1v) is 11.2. The molecule has 10 heteroatoms. The number of carbonyl (C=O) groups excluding carboxylic acids is 2. The summed E-state index contributed by atoms with van der Waals surface area (Å²) in [5, 5.41) is -0.628. The minimum Gasteiger partial charge on any atom is -0.443 e. The standard InChI is InChI=1S/C21H32FN3O5S/c1-9-13-12(2)15(22)16(31-13)24-11-10-14(23-17(24)26)25(18(27)29-20(3,4)5)19(28)30-21(6,7)8/h10-13,15-16H,9H2,1-8H3/t12-,13-,15+,16-/m1/s1. The molecule has 1 saturated heterocycles. The number of amides is 2. The van der Waals surface area contributed by atoms with Crippen LogP contribution in [0, 0.1) is 5.92 Å². The van der Waals surface area contributed by atoms with Crippen molar-refractivity contribution in [3.8, 4) is 0 Å². The summed E-state index contributed by atoms with van der Waals surface area (Å²) in [5.41, 5.74) is -2.54. The van der Waals surface area contributed by atoms with Crippen LogP contribution in [0.15, 0.2) is 17.1 Å². The Morgan fingerprint density at radius 2 is 1.68 bits per heavy atom. The highest BCUT2D eigenvalue weighted by molar-refractivity contribution is 8.00. The Kier molecular flexibility index (Phi) is 7.45. The van der Waals surface area contributed by atoms with Gasteiger partial charge in [-0.05, 0) is 54.0 Å². The quantitative estimate of drug-likeness (QED) is 0.636. The summed E-state index contributed by atoms with van der Waals surface area (Å²) >= 11 is 1.39. The highest BCUT2D eigenvalue weighted by Gasteiger charge is 2.42. The summed E-state index contributed by atoms with van der Waals surface area (Å²) in [6.45, 7) is 13.7. The lowest BCUT2D eigenvalue weighted by atomic mass is 10.0. The molecule has 0 N–H and O–H groups in total. The predicted octanol–water partition coefficient (Wildman–Crippen LogP) is 4.92. The molecule has 1 aromatic heterocycles. The van der Waals surface area contributed by atoms with Crippen molar-refractivity contribution in [2.75, 3.05) is 4.90 Å². The van der Waals surface area contributed by atoms with Gasteiger partial charge in [0, 0.05) is 17.4 Å². The normalized spacial score (nSPS) is 24.0. The maximum Gasteiger partial charge on any atom is 0.425 e. The van der Waals surface area contributed by atoms with Crippen molar-refractivity contribution in [2.45, 2.75) is 89.8 Å². The van der Waals surface area contributed by atoms with Gasteiger partial charge in [-0.2, -0.15) is 9.88 Å². The molecule has 0 bridgehead atoms. The van der Waals surface area contributed by atoms with Crippen molar-refractivity contribution < 1.29 is 23.5 Å². The molecule has 0 radical (unpaired) electrons. The lowest BCUT2D eigenvalue weighted by Crippen LogP contribution is -2.45. The van der Waals surface area contributed by atoms with Crippen LogP contribution in [0.5, 0.6) is 0 Å². The van der Waals surface area contributed by atoms with E-state index in [9.17, 15) is 18.8 Å². The molecule has 0 aliphatic carbocycles. The van der Waals surface area contributed by atoms with E-state index in [0.717, 1.165) is 6.42 Å². The maximum absolute atomic E-state index is 14.8. The number of ether oxygens (including phenoxy) is 2. The third-order valence-corrected chi connectivity index (χ3v) is 6.43. The molecule has 2 rings (SSSR count). The van der Waals surface area contributed by atoms with Gasteiger partial charge in [0.15, 0.2) is 5.82 Å². The van der Waals surface area contributed by atoms with Crippen molar-refractivity contribution >= 4 is 29.8 Å². The first-order valence-electron chi connectivity index (χ1n) is 10.3. The molecule has 1 aliphatic rings. The Bertz CT molecular complexity index is 849. The number of alkyl halides is 1. The fraction of sp³-hybridized carbons (Fsp3) is 0.714. The Morgan fingerprint density at radius 1 is 1.16 bits per heavy atom. The summed E-state index contributed by atoms with van der Waals surface area (Å²) in [7, 11) is 0. The van der Waals surface area contributed by atoms with Gasteiger partial charge in [0.25, 0.3) is 0 Å². The monoisotopic (exact) mass is 457 g/mol. The minimum atomic E-state index is -1.21. The molecule has 4 atom stereocenters. The molecule has 0 saturated carbocycles. The van der Waals surface area contributed by atoms with Gasteiger partial charge in [0.2, 0.25) is 0 Å². The van der Waals surface area contributed by atoms with Crippen LogP contribution < -0.4 is 10.6 Å². The molecule has 174 valence electrons. The molecule has 0 aromatic carbocycles. The second-order valence-corrected chi connectivity index (χ2v) is 10.9. The lowest BCUT2D eigenvalue weighted by Gasteiger charge is -2.28. The van der Waals surface area contributed by atoms with E-state index in [2.05, 4.69) is 4.98 Å². The first-order chi connectivity index (χ1) is 14.1. The average molecular weight is 458 g/mol. The molecular weight excluding hydrogens is 425 g/mol. The Balaban J connectivity index is 2.41. The molecule has 1 fully saturated rings. The number of halogens is 1. The number of anilines is 1. The summed E-state index contributed by atoms with van der Waals surface area (Å²) < 4.78 is 26.6. The first kappa shape index (κ1) is 25.2. The largest absolute Gasteiger partial charge is 0.443 e. The summed E-state index contributed by atoms with van der Waals surface area (Å²) in [4.78, 5) is 42.6. The Labute approximate surface area is 186 Å². The number of imide groups is 1. The van der Waals surface area contributed by atoms with Crippen LogP contribution >= 0.6 is 11.8 Å². The van der Waals surface area contributed by atoms with E-state index in [1.54, 1.807) is 41.5 Å². The zero-order valence-electron chi connectivity index (χ0n) is 19.3. The van der Waals surface area contributed by atoms with Gasteiger partial charge in [-0.15, -0.1) is 11.8 Å². The number of rotatable bonds is 3. The molecule has 1 aromatic rings. The number of hydrogen-bond acceptors (Lipinski definition) is 7. The van der Waals surface area contributed by atoms with Crippen LogP contribution in [-0.2, 0) is 9.47 Å². The molecule has 31 heavy (non-hydrogen) atoms. The number of nitrogens with zero attached hydrogens (tertiary/aromatic N) is 3. The van der Waals surface area contributed by atoms with E-state index in [1.807, 2.05) is 13.8 Å². The summed E-state index contributed by atoms with van der Waals surface area (Å²) in [6.07, 6.45) is -1.13. The molecule has 0 unspecified atom stereocenters. The van der Waals surface area contributed by atoms with Gasteiger partial charge >= 0.3 is 17.9 Å². The van der Waals surface area contributed by atoms with E-state index in [-0.39, 0.29) is 17.0 Å². The summed E-state index contributed by atoms with van der Waals surface area (Å²) in [6, 6.07) is 1.31. The van der Waals surface area contributed by atoms with Crippen LogP contribution in [0.25, 0.3) is 0 Å². The Morgan fingerprint density at radius 3 is 2.06 bits per heavy atom. The highest BCUT2D eigenvalue weighted by Crippen LogP contribution is 2.47. The number of carbonyl (C=O) groups is 2. The number of aromatic nitrogens is 2. The van der Waals surface area contributed by atoms with Gasteiger partial charge in [-0.1, -0.05) is 13.8 Å². The van der Waals surface area contributed by atoms with Crippen LogP contribution in [-0.4, -0.2) is 44.4 Å². The van der Waals surface area contributed by atoms with Crippen LogP contribution in [0.2, 0.25) is 0 Å². The van der Waals surface area contributed by atoms with Gasteiger partial charge in [-0.3, -0.25) is 4.57 Å². The third kappa shape index (κ3) is 6.21. The fourth-order valence-corrected chi connectivity index (χ4v) is 4.77. The second kappa shape index (κ2) is 9.18. The SMILES string of the molecule is CC[C@H]1S[C@@H](n2ccc(N(C(=O)OC(C)(C)C)C(=O)OC(C)(C)C)nc2=O)[C@@H](F)[C@@H]1C. The molecular formula is C21H32FN3O5S. The van der Waals surface area contributed by atoms with Crippen LogP contribution in [0.1, 0.15) is 67.2 Å². The smallest absolute Gasteiger partial charge is 0.425 e. The van der Waals surface area contributed by atoms with E-state index in [1.165, 1.54) is 28.6 Å². The van der Waals surface area contributed by atoms with Crippen molar-refractivity contribution in [1.29, 1.82) is 0 Å². The minimum absolute atomic E-state index is 0.0894. The predicted molar refractivity (Wildman–Crippen MR) is 118 cm³/mol. The topological polar surface area (TPSA) is 90.7 Å². The van der Waals surface area contributed by atoms with E-state index >= 15 is 0 Å². The Hall–Kier alpha value is -2.10. The van der Waals surface area contributed by atoms with Crippen molar-refractivity contribution in [3.05, 3.63) is 22.7 Å². The van der Waals surface area contributed by atoms with Gasteiger partial charge < -0.3 is 9.47 Å². The third-order valence-electron chi connectivity index (χ3n) is 4.55. The summed E-state index contributed by atoms with van der Waals surface area (Å²) in [5.74, 6) is -0.449. The van der Waals surface area contributed by atoms with E-state index in [4.69, 9.17) is 9.47 Å². The van der Waals surface area contributed by atoms with E-state index in [0.29, 0.717) is 4.90 Å². The van der Waals surface area contributed by atoms with Crippen LogP contribution in [0.3, 0.4) is 0 Å². The molecule has 0 spiro atoms. The maximum atomic E-state index is 14.8. The molecule has 2 amide bonds. The molecule has 1 aliphatic heterocycles. The number of thioether (sulfide) groups is 1. The number of hydrogen-bond donors (Lipinski definition) is 0. The zero-order valence-corrected chi connectivity index (χ0v) is 20.2. The molecule has 8 nitrogen and oxygen atoms in total. The average Bonchev–Trinajstić information content (AvgIpc) is 2.87. The van der Waals surface area contributed by atoms with Gasteiger partial charge in [0.1, 0.15) is 22.7 Å². The fourth-order valence-electron chi connectivity index (χ4n) is 3.13. The highest BCUT2D eigenvalue weighted by atomic mass is 32.2. The van der Waals surface area contributed by atoms with Gasteiger partial charge in [0.05, 0.1) is 0 Å². The second-order valence-electron chi connectivity index (χ2n) is 9.55. The zero-order chi connectivity index (χ0) is 23.7. The van der Waals surface area contributed by atoms with Crippen molar-refractivity contribution in [1.82, 2.24) is 9.55 Å². The molecule has 2 heterocycles. The van der Waals surface area contributed by atoms with Crippen molar-refractivity contribution in [3.63, 3.8) is 0 Å².